The summed E-state index contributed by atoms with van der Waals surface area (Å²) < 4.78 is 4.95. The van der Waals surface area contributed by atoms with Gasteiger partial charge in [-0.1, -0.05) is 13.3 Å². The summed E-state index contributed by atoms with van der Waals surface area (Å²) in [6.07, 6.45) is 2.68. The van der Waals surface area contributed by atoms with Gasteiger partial charge in [-0.2, -0.15) is 0 Å². The highest BCUT2D eigenvalue weighted by Crippen LogP contribution is 2.30. The lowest BCUT2D eigenvalue weighted by molar-refractivity contribution is -0.384. The number of nitrogens with one attached hydrogen (secondary N) is 1. The van der Waals surface area contributed by atoms with E-state index in [1.165, 1.54) is 23.5 Å². The zero-order valence-electron chi connectivity index (χ0n) is 14.3. The molecule has 0 unspecified atom stereocenters. The molecule has 134 valence electrons. The molecule has 0 saturated carbocycles. The molecule has 1 aromatic heterocycles. The van der Waals surface area contributed by atoms with E-state index in [0.29, 0.717) is 23.0 Å². The molecule has 0 fully saturated rings. The predicted molar refractivity (Wildman–Crippen MR) is 97.0 cm³/mol. The number of thiazole rings is 1. The Kier molecular flexibility index (Phi) is 7.03. The van der Waals surface area contributed by atoms with E-state index in [4.69, 9.17) is 4.74 Å². The largest absolute Gasteiger partial charge is 0.383 e. The van der Waals surface area contributed by atoms with Crippen LogP contribution in [-0.2, 0) is 11.2 Å². The Hall–Kier alpha value is -2.32. The average Bonchev–Trinajstić information content (AvgIpc) is 3.04. The quantitative estimate of drug-likeness (QED) is 0.418. The van der Waals surface area contributed by atoms with Crippen LogP contribution >= 0.6 is 11.3 Å². The number of rotatable bonds is 9. The maximum atomic E-state index is 12.4. The van der Waals surface area contributed by atoms with Gasteiger partial charge in [0.2, 0.25) is 0 Å². The Balaban J connectivity index is 2.26. The molecule has 0 atom stereocenters. The zero-order chi connectivity index (χ0) is 18.2. The van der Waals surface area contributed by atoms with Crippen LogP contribution in [0.25, 0.3) is 10.6 Å². The molecule has 1 amide bonds. The van der Waals surface area contributed by atoms with E-state index in [1.807, 2.05) is 0 Å². The number of benzene rings is 1. The lowest BCUT2D eigenvalue weighted by Gasteiger charge is -2.04. The number of carbonyl (C=O) groups excluding carboxylic acids is 1. The molecule has 0 aliphatic carbocycles. The second kappa shape index (κ2) is 9.24. The number of hydrogen-bond donors (Lipinski definition) is 1. The first-order valence-electron chi connectivity index (χ1n) is 8.08. The summed E-state index contributed by atoms with van der Waals surface area (Å²) in [5.74, 6) is -0.159. The highest BCUT2D eigenvalue weighted by Gasteiger charge is 2.19. The van der Waals surface area contributed by atoms with Crippen molar-refractivity contribution in [3.8, 4) is 10.6 Å². The molecule has 2 rings (SSSR count). The van der Waals surface area contributed by atoms with E-state index in [1.54, 1.807) is 19.2 Å². The number of hydrogen-bond acceptors (Lipinski definition) is 6. The van der Waals surface area contributed by atoms with Crippen LogP contribution in [0.1, 0.15) is 35.1 Å². The summed E-state index contributed by atoms with van der Waals surface area (Å²) in [4.78, 5) is 27.9. The molecule has 0 bridgehead atoms. The normalized spacial score (nSPS) is 10.6. The number of aryl methyl sites for hydroxylation is 1. The number of non-ortho nitro benzene ring substituents is 1. The highest BCUT2D eigenvalue weighted by molar-refractivity contribution is 7.17. The summed E-state index contributed by atoms with van der Waals surface area (Å²) in [5.41, 5.74) is 1.57. The van der Waals surface area contributed by atoms with E-state index in [-0.39, 0.29) is 11.6 Å². The van der Waals surface area contributed by atoms with Crippen LogP contribution in [0.2, 0.25) is 0 Å². The van der Waals surface area contributed by atoms with Crippen molar-refractivity contribution in [3.63, 3.8) is 0 Å². The molecule has 25 heavy (non-hydrogen) atoms. The van der Waals surface area contributed by atoms with E-state index in [2.05, 4.69) is 17.2 Å². The Morgan fingerprint density at radius 1 is 1.36 bits per heavy atom. The van der Waals surface area contributed by atoms with Crippen molar-refractivity contribution >= 4 is 22.9 Å². The number of nitrogens with zero attached hydrogens (tertiary/aromatic N) is 2. The highest BCUT2D eigenvalue weighted by atomic mass is 32.1. The van der Waals surface area contributed by atoms with E-state index in [0.717, 1.165) is 30.5 Å². The van der Waals surface area contributed by atoms with Gasteiger partial charge in [0.25, 0.3) is 11.6 Å². The summed E-state index contributed by atoms with van der Waals surface area (Å²) in [6, 6.07) is 6.21. The van der Waals surface area contributed by atoms with Crippen molar-refractivity contribution in [1.29, 1.82) is 0 Å². The van der Waals surface area contributed by atoms with Gasteiger partial charge in [0, 0.05) is 31.4 Å². The van der Waals surface area contributed by atoms with Gasteiger partial charge in [-0.05, 0) is 25.0 Å². The lowest BCUT2D eigenvalue weighted by atomic mass is 10.1. The number of ether oxygens (including phenoxy) is 1. The van der Waals surface area contributed by atoms with Crippen LogP contribution < -0.4 is 5.32 Å². The molecule has 8 heteroatoms. The summed E-state index contributed by atoms with van der Waals surface area (Å²) in [5, 5.41) is 14.3. The first-order valence-corrected chi connectivity index (χ1v) is 8.90. The Labute approximate surface area is 150 Å². The second-order valence-corrected chi connectivity index (χ2v) is 6.45. The lowest BCUT2D eigenvalue weighted by Crippen LogP contribution is -2.27. The third kappa shape index (κ3) is 5.07. The second-order valence-electron chi connectivity index (χ2n) is 5.45. The van der Waals surface area contributed by atoms with Gasteiger partial charge < -0.3 is 10.1 Å². The van der Waals surface area contributed by atoms with Gasteiger partial charge in [0.05, 0.1) is 17.2 Å². The van der Waals surface area contributed by atoms with Gasteiger partial charge in [-0.25, -0.2) is 4.98 Å². The van der Waals surface area contributed by atoms with Crippen LogP contribution in [0.5, 0.6) is 0 Å². The number of unbranched alkanes of at least 4 members (excludes halogenated alkanes) is 1. The average molecular weight is 363 g/mol. The number of amides is 1. The van der Waals surface area contributed by atoms with E-state index < -0.39 is 4.92 Å². The Morgan fingerprint density at radius 3 is 2.68 bits per heavy atom. The monoisotopic (exact) mass is 363 g/mol. The van der Waals surface area contributed by atoms with Crippen LogP contribution in [0.3, 0.4) is 0 Å². The van der Waals surface area contributed by atoms with Crippen LogP contribution in [-0.4, -0.2) is 36.1 Å². The maximum absolute atomic E-state index is 12.4. The minimum atomic E-state index is -0.438. The van der Waals surface area contributed by atoms with Crippen LogP contribution in [0, 0.1) is 10.1 Å². The van der Waals surface area contributed by atoms with Crippen LogP contribution in [0.4, 0.5) is 5.69 Å². The zero-order valence-corrected chi connectivity index (χ0v) is 15.1. The summed E-state index contributed by atoms with van der Waals surface area (Å²) >= 11 is 1.31. The van der Waals surface area contributed by atoms with E-state index in [9.17, 15) is 14.9 Å². The SMILES string of the molecule is CCCCc1nc(-c2ccc([N+](=O)[O-])cc2)sc1C(=O)NCCOC. The molecule has 0 saturated heterocycles. The molecule has 1 heterocycles. The van der Waals surface area contributed by atoms with Crippen molar-refractivity contribution < 1.29 is 14.5 Å². The van der Waals surface area contributed by atoms with E-state index >= 15 is 0 Å². The van der Waals surface area contributed by atoms with Crippen molar-refractivity contribution in [2.24, 2.45) is 0 Å². The number of aromatic nitrogens is 1. The van der Waals surface area contributed by atoms with Gasteiger partial charge in [0.1, 0.15) is 9.88 Å². The molecule has 0 radical (unpaired) electrons. The number of carbonyl (C=O) groups is 1. The molecule has 7 nitrogen and oxygen atoms in total. The molecule has 1 N–H and O–H groups in total. The van der Waals surface area contributed by atoms with Crippen molar-refractivity contribution in [2.45, 2.75) is 26.2 Å². The summed E-state index contributed by atoms with van der Waals surface area (Å²) in [6.45, 7) is 2.97. The topological polar surface area (TPSA) is 94.4 Å². The van der Waals surface area contributed by atoms with Gasteiger partial charge in [-0.15, -0.1) is 11.3 Å². The number of methoxy groups -OCH3 is 1. The van der Waals surface area contributed by atoms with Crippen molar-refractivity contribution in [1.82, 2.24) is 10.3 Å². The standard InChI is InChI=1S/C17H21N3O4S/c1-3-4-5-14-15(16(21)18-10-11-24-2)25-17(19-14)12-6-8-13(9-7-12)20(22)23/h6-9H,3-5,10-11H2,1-2H3,(H,18,21). The Bertz CT molecular complexity index is 728. The molecule has 0 spiro atoms. The first kappa shape index (κ1) is 19.0. The first-order chi connectivity index (χ1) is 12.1. The number of nitro benzene ring substituents is 1. The fourth-order valence-electron chi connectivity index (χ4n) is 2.24. The van der Waals surface area contributed by atoms with Crippen LogP contribution in [0.15, 0.2) is 24.3 Å². The van der Waals surface area contributed by atoms with Crippen molar-refractivity contribution in [2.75, 3.05) is 20.3 Å². The fourth-order valence-corrected chi connectivity index (χ4v) is 3.27. The Morgan fingerprint density at radius 2 is 2.08 bits per heavy atom. The van der Waals surface area contributed by atoms with Gasteiger partial charge in [0.15, 0.2) is 0 Å². The fraction of sp³-hybridized carbons (Fsp3) is 0.412. The summed E-state index contributed by atoms with van der Waals surface area (Å²) in [7, 11) is 1.58. The molecule has 1 aromatic carbocycles. The van der Waals surface area contributed by atoms with Crippen molar-refractivity contribution in [3.05, 3.63) is 45.0 Å². The molecular formula is C17H21N3O4S. The smallest absolute Gasteiger partial charge is 0.269 e. The molecule has 0 aliphatic rings. The van der Waals surface area contributed by atoms with Gasteiger partial charge >= 0.3 is 0 Å². The van der Waals surface area contributed by atoms with Gasteiger partial charge in [-0.3, -0.25) is 14.9 Å². The minimum Gasteiger partial charge on any atom is -0.383 e. The molecule has 2 aromatic rings. The molecular weight excluding hydrogens is 342 g/mol. The maximum Gasteiger partial charge on any atom is 0.269 e. The third-order valence-electron chi connectivity index (χ3n) is 3.59. The predicted octanol–water partition coefficient (Wildman–Crippen LogP) is 3.44. The third-order valence-corrected chi connectivity index (χ3v) is 4.73. The molecule has 0 aliphatic heterocycles. The minimum absolute atomic E-state index is 0.0315. The number of nitro groups is 1.